The molecule has 0 bridgehead atoms. The van der Waals surface area contributed by atoms with E-state index in [-0.39, 0.29) is 0 Å². The molecule has 0 radical (unpaired) electrons. The number of hydrogen-bond acceptors (Lipinski definition) is 2. The molecule has 15 heavy (non-hydrogen) atoms. The smallest absolute Gasteiger partial charge is 0.332 e. The molecule has 1 rings (SSSR count). The van der Waals surface area contributed by atoms with Crippen molar-refractivity contribution in [2.45, 2.75) is 10.3 Å². The van der Waals surface area contributed by atoms with E-state index in [9.17, 15) is 4.79 Å². The lowest BCUT2D eigenvalue weighted by atomic mass is 9.95. The topological polar surface area (TPSA) is 61.1 Å². The summed E-state index contributed by atoms with van der Waals surface area (Å²) in [5, 5.41) is 16.3. The molecule has 3 nitrogen and oxygen atoms in total. The van der Waals surface area contributed by atoms with Crippen LogP contribution in [0.15, 0.2) is 30.3 Å². The number of alkyl halides is 2. The van der Waals surface area contributed by atoms with E-state index in [1.165, 1.54) is 12.1 Å². The van der Waals surface area contributed by atoms with Gasteiger partial charge in [0.1, 0.15) is 0 Å². The Morgan fingerprint density at radius 2 is 2.00 bits per heavy atom. The maximum Gasteiger partial charge on any atom is 0.332 e. The number of nitrogens with zero attached hydrogens (tertiary/aromatic N) is 1. The van der Waals surface area contributed by atoms with Gasteiger partial charge >= 0.3 is 5.97 Å². The Morgan fingerprint density at radius 1 is 1.47 bits per heavy atom. The van der Waals surface area contributed by atoms with Crippen LogP contribution in [0.2, 0.25) is 0 Å². The molecule has 0 saturated heterocycles. The van der Waals surface area contributed by atoms with Crippen molar-refractivity contribution in [3.63, 3.8) is 0 Å². The molecule has 1 aromatic carbocycles. The summed E-state index contributed by atoms with van der Waals surface area (Å²) in [6.07, 6.45) is 0. The van der Waals surface area contributed by atoms with Crippen LogP contribution in [-0.4, -0.2) is 16.5 Å². The van der Waals surface area contributed by atoms with Crippen molar-refractivity contribution < 1.29 is 9.90 Å². The normalized spacial score (nSPS) is 16.1. The second kappa shape index (κ2) is 4.52. The van der Waals surface area contributed by atoms with Gasteiger partial charge in [0.2, 0.25) is 0 Å². The third-order valence-corrected chi connectivity index (χ3v) is 3.10. The number of hydrogen-bond donors (Lipinski definition) is 1. The molecule has 78 valence electrons. The fraction of sp³-hybridized carbons (Fsp3) is 0.200. The minimum Gasteiger partial charge on any atom is -0.480 e. The molecule has 2 atom stereocenters. The van der Waals surface area contributed by atoms with E-state index >= 15 is 0 Å². The second-order valence-electron chi connectivity index (χ2n) is 2.87. The maximum absolute atomic E-state index is 11.1. The average Bonchev–Trinajstić information content (AvgIpc) is 2.27. The predicted molar refractivity (Wildman–Crippen MR) is 56.9 cm³/mol. The lowest BCUT2D eigenvalue weighted by Crippen LogP contribution is -2.38. The molecule has 1 aromatic rings. The number of halogens is 2. The van der Waals surface area contributed by atoms with Crippen molar-refractivity contribution in [2.24, 2.45) is 0 Å². The van der Waals surface area contributed by atoms with Gasteiger partial charge in [-0.1, -0.05) is 41.9 Å². The van der Waals surface area contributed by atoms with E-state index < -0.39 is 16.2 Å². The van der Waals surface area contributed by atoms with Gasteiger partial charge in [0.15, 0.2) is 10.3 Å². The summed E-state index contributed by atoms with van der Waals surface area (Å²) < 4.78 is 0. The highest BCUT2D eigenvalue weighted by atomic mass is 35.5. The van der Waals surface area contributed by atoms with Crippen LogP contribution in [0.5, 0.6) is 0 Å². The number of rotatable bonds is 3. The van der Waals surface area contributed by atoms with Crippen molar-refractivity contribution in [3.05, 3.63) is 35.9 Å². The monoisotopic (exact) mass is 243 g/mol. The van der Waals surface area contributed by atoms with Crippen LogP contribution in [0, 0.1) is 11.3 Å². The second-order valence-corrected chi connectivity index (χ2v) is 3.91. The van der Waals surface area contributed by atoms with Gasteiger partial charge in [-0.15, -0.1) is 11.6 Å². The van der Waals surface area contributed by atoms with E-state index in [4.69, 9.17) is 33.6 Å². The lowest BCUT2D eigenvalue weighted by Gasteiger charge is -2.23. The Balaban J connectivity index is 3.26. The number of carboxylic acid groups (broad SMARTS) is 1. The van der Waals surface area contributed by atoms with Gasteiger partial charge in [-0.05, 0) is 5.56 Å². The largest absolute Gasteiger partial charge is 0.480 e. The lowest BCUT2D eigenvalue weighted by molar-refractivity contribution is -0.140. The minimum atomic E-state index is -1.91. The number of aliphatic carboxylic acids is 1. The summed E-state index contributed by atoms with van der Waals surface area (Å²) in [6.45, 7) is 0. The van der Waals surface area contributed by atoms with Gasteiger partial charge in [0, 0.05) is 0 Å². The summed E-state index contributed by atoms with van der Waals surface area (Å²) in [7, 11) is 0. The van der Waals surface area contributed by atoms with Gasteiger partial charge in [0.05, 0.1) is 6.07 Å². The fourth-order valence-electron chi connectivity index (χ4n) is 1.15. The quantitative estimate of drug-likeness (QED) is 0.830. The van der Waals surface area contributed by atoms with Crippen LogP contribution in [-0.2, 0) is 9.67 Å². The van der Waals surface area contributed by atoms with Crippen molar-refractivity contribution in [1.29, 1.82) is 5.26 Å². The summed E-state index contributed by atoms with van der Waals surface area (Å²) in [5.41, 5.74) is 0.292. The minimum absolute atomic E-state index is 0.292. The van der Waals surface area contributed by atoms with Crippen LogP contribution in [0.4, 0.5) is 0 Å². The highest BCUT2D eigenvalue weighted by Gasteiger charge is 2.45. The van der Waals surface area contributed by atoms with Crippen LogP contribution in [0.25, 0.3) is 0 Å². The predicted octanol–water partition coefficient (Wildman–Crippen LogP) is 2.34. The highest BCUT2D eigenvalue weighted by Crippen LogP contribution is 2.36. The summed E-state index contributed by atoms with van der Waals surface area (Å²) in [6, 6.07) is 9.67. The van der Waals surface area contributed by atoms with Gasteiger partial charge in [-0.25, -0.2) is 4.79 Å². The van der Waals surface area contributed by atoms with E-state index in [2.05, 4.69) is 0 Å². The third-order valence-electron chi connectivity index (χ3n) is 1.97. The molecule has 0 aromatic heterocycles. The molecule has 0 heterocycles. The Bertz CT molecular complexity index is 402. The van der Waals surface area contributed by atoms with Gasteiger partial charge in [-0.3, -0.25) is 0 Å². The Morgan fingerprint density at radius 3 is 2.40 bits per heavy atom. The van der Waals surface area contributed by atoms with E-state index in [1.54, 1.807) is 24.3 Å². The van der Waals surface area contributed by atoms with E-state index in [0.717, 1.165) is 0 Å². The first-order valence-electron chi connectivity index (χ1n) is 4.05. The number of nitriles is 1. The van der Waals surface area contributed by atoms with Gasteiger partial charge in [-0.2, -0.15) is 5.26 Å². The Kier molecular flexibility index (Phi) is 3.57. The molecule has 0 spiro atoms. The van der Waals surface area contributed by atoms with Crippen LogP contribution >= 0.6 is 23.2 Å². The van der Waals surface area contributed by atoms with Gasteiger partial charge in [0.25, 0.3) is 0 Å². The molecule has 5 heteroatoms. The number of carboxylic acids is 1. The summed E-state index contributed by atoms with van der Waals surface area (Å²) >= 11 is 11.5. The summed E-state index contributed by atoms with van der Waals surface area (Å²) in [4.78, 5) is 9.15. The fourth-order valence-corrected chi connectivity index (χ4v) is 1.54. The molecule has 0 aliphatic carbocycles. The van der Waals surface area contributed by atoms with E-state index in [0.29, 0.717) is 5.56 Å². The van der Waals surface area contributed by atoms with Crippen molar-refractivity contribution in [3.8, 4) is 6.07 Å². The van der Waals surface area contributed by atoms with Crippen molar-refractivity contribution in [2.75, 3.05) is 0 Å². The standard InChI is InChI=1S/C10H7Cl2NO2/c11-8(6-13)10(12,9(14)15)7-4-2-1-3-5-7/h1-5,8H,(H,14,15). The SMILES string of the molecule is N#CC(Cl)C(Cl)(C(=O)O)c1ccccc1. The zero-order chi connectivity index (χ0) is 11.5. The average molecular weight is 244 g/mol. The molecular weight excluding hydrogens is 237 g/mol. The molecule has 1 N–H and O–H groups in total. The summed E-state index contributed by atoms with van der Waals surface area (Å²) in [5.74, 6) is -1.34. The zero-order valence-corrected chi connectivity index (χ0v) is 9.03. The van der Waals surface area contributed by atoms with Crippen LogP contribution in [0.1, 0.15) is 5.56 Å². The van der Waals surface area contributed by atoms with Crippen molar-refractivity contribution >= 4 is 29.2 Å². The molecule has 0 aliphatic heterocycles. The Hall–Kier alpha value is -1.24. The Labute approximate surface area is 96.8 Å². The third kappa shape index (κ3) is 2.06. The van der Waals surface area contributed by atoms with E-state index in [1.807, 2.05) is 0 Å². The first-order valence-corrected chi connectivity index (χ1v) is 4.86. The number of carbonyl (C=O) groups is 1. The first-order chi connectivity index (χ1) is 7.03. The first kappa shape index (κ1) is 11.8. The van der Waals surface area contributed by atoms with Crippen LogP contribution in [0.3, 0.4) is 0 Å². The molecule has 0 saturated carbocycles. The molecule has 0 fully saturated rings. The molecular formula is C10H7Cl2NO2. The maximum atomic E-state index is 11.1. The van der Waals surface area contributed by atoms with Crippen molar-refractivity contribution in [1.82, 2.24) is 0 Å². The molecule has 0 amide bonds. The zero-order valence-electron chi connectivity index (χ0n) is 7.52. The highest BCUT2D eigenvalue weighted by molar-refractivity contribution is 6.40. The number of benzene rings is 1. The molecule has 2 unspecified atom stereocenters. The van der Waals surface area contributed by atoms with Crippen LogP contribution < -0.4 is 0 Å². The van der Waals surface area contributed by atoms with Gasteiger partial charge < -0.3 is 5.11 Å². The molecule has 0 aliphatic rings.